The summed E-state index contributed by atoms with van der Waals surface area (Å²) in [4.78, 5) is 0. The summed E-state index contributed by atoms with van der Waals surface area (Å²) < 4.78 is 40.3. The Kier molecular flexibility index (Phi) is 3.73. The first-order valence-corrected chi connectivity index (χ1v) is 7.37. The van der Waals surface area contributed by atoms with Gasteiger partial charge in [-0.2, -0.15) is 13.2 Å². The van der Waals surface area contributed by atoms with E-state index < -0.39 is 17.2 Å². The van der Waals surface area contributed by atoms with Gasteiger partial charge in [0.25, 0.3) is 0 Å². The Labute approximate surface area is 128 Å². The largest absolute Gasteiger partial charge is 0.416 e. The highest BCUT2D eigenvalue weighted by molar-refractivity contribution is 5.51. The topological polar surface area (TPSA) is 12.0 Å². The van der Waals surface area contributed by atoms with E-state index in [0.717, 1.165) is 12.0 Å². The zero-order valence-electron chi connectivity index (χ0n) is 12.3. The van der Waals surface area contributed by atoms with Crippen molar-refractivity contribution in [1.29, 1.82) is 0 Å². The highest BCUT2D eigenvalue weighted by Gasteiger charge is 2.58. The maximum absolute atomic E-state index is 13.4. The molecule has 2 atom stereocenters. The van der Waals surface area contributed by atoms with Gasteiger partial charge in [0.2, 0.25) is 0 Å². The van der Waals surface area contributed by atoms with Crippen LogP contribution >= 0.6 is 0 Å². The highest BCUT2D eigenvalue weighted by atomic mass is 19.4. The zero-order chi connectivity index (χ0) is 15.8. The molecule has 0 bridgehead atoms. The van der Waals surface area contributed by atoms with Gasteiger partial charge in [0, 0.05) is 5.41 Å². The van der Waals surface area contributed by atoms with Gasteiger partial charge in [-0.3, -0.25) is 0 Å². The van der Waals surface area contributed by atoms with Gasteiger partial charge in [0.15, 0.2) is 0 Å². The van der Waals surface area contributed by atoms with Crippen molar-refractivity contribution in [3.8, 4) is 0 Å². The molecule has 2 unspecified atom stereocenters. The van der Waals surface area contributed by atoms with Crippen LogP contribution in [0.1, 0.15) is 23.1 Å². The van der Waals surface area contributed by atoms with Crippen LogP contribution in [0, 0.1) is 5.92 Å². The van der Waals surface area contributed by atoms with Gasteiger partial charge in [0.05, 0.1) is 5.56 Å². The second-order valence-corrected chi connectivity index (χ2v) is 5.84. The maximum atomic E-state index is 13.4. The van der Waals surface area contributed by atoms with E-state index in [4.69, 9.17) is 0 Å². The van der Waals surface area contributed by atoms with Crippen molar-refractivity contribution in [1.82, 2.24) is 5.32 Å². The van der Waals surface area contributed by atoms with Crippen LogP contribution in [0.5, 0.6) is 0 Å². The van der Waals surface area contributed by atoms with Crippen LogP contribution in [-0.4, -0.2) is 13.6 Å². The molecule has 0 spiro atoms. The SMILES string of the molecule is CNCC1CC1(c1ccccc1)c1ccccc1C(F)(F)F. The molecule has 22 heavy (non-hydrogen) atoms. The Bertz CT molecular complexity index is 651. The van der Waals surface area contributed by atoms with E-state index in [9.17, 15) is 13.2 Å². The maximum Gasteiger partial charge on any atom is 0.416 e. The molecular weight excluding hydrogens is 287 g/mol. The molecule has 1 nitrogen and oxygen atoms in total. The van der Waals surface area contributed by atoms with Crippen LogP contribution in [0.15, 0.2) is 54.6 Å². The average molecular weight is 305 g/mol. The number of nitrogens with one attached hydrogen (secondary N) is 1. The molecule has 0 aliphatic heterocycles. The minimum Gasteiger partial charge on any atom is -0.319 e. The molecule has 2 aromatic rings. The Morgan fingerprint density at radius 2 is 1.68 bits per heavy atom. The average Bonchev–Trinajstić information content (AvgIpc) is 3.23. The lowest BCUT2D eigenvalue weighted by Gasteiger charge is -2.23. The first kappa shape index (κ1) is 15.1. The van der Waals surface area contributed by atoms with Crippen molar-refractivity contribution in [2.75, 3.05) is 13.6 Å². The number of halogens is 3. The Balaban J connectivity index is 2.14. The molecular formula is C18H18F3N. The molecule has 1 saturated carbocycles. The van der Waals surface area contributed by atoms with E-state index in [-0.39, 0.29) is 5.92 Å². The van der Waals surface area contributed by atoms with Gasteiger partial charge in [-0.05, 0) is 43.1 Å². The minimum atomic E-state index is -4.33. The summed E-state index contributed by atoms with van der Waals surface area (Å²) in [5.74, 6) is 0.184. The standard InChI is InChI=1S/C18H18F3N/c1-22-12-14-11-17(14,13-7-3-2-4-8-13)15-9-5-6-10-16(15)18(19,20)21/h2-10,14,22H,11-12H2,1H3. The van der Waals surface area contributed by atoms with Crippen LogP contribution in [0.2, 0.25) is 0 Å². The lowest BCUT2D eigenvalue weighted by atomic mass is 9.82. The normalized spacial score (nSPS) is 24.3. The lowest BCUT2D eigenvalue weighted by molar-refractivity contribution is -0.138. The van der Waals surface area contributed by atoms with E-state index >= 15 is 0 Å². The molecule has 4 heteroatoms. The van der Waals surface area contributed by atoms with Crippen molar-refractivity contribution in [2.24, 2.45) is 5.92 Å². The zero-order valence-corrected chi connectivity index (χ0v) is 12.3. The molecule has 2 aromatic carbocycles. The highest BCUT2D eigenvalue weighted by Crippen LogP contribution is 2.60. The first-order chi connectivity index (χ1) is 10.5. The van der Waals surface area contributed by atoms with Crippen LogP contribution in [0.4, 0.5) is 13.2 Å². The number of alkyl halides is 3. The second-order valence-electron chi connectivity index (χ2n) is 5.84. The molecule has 0 saturated heterocycles. The quantitative estimate of drug-likeness (QED) is 0.891. The summed E-state index contributed by atoms with van der Waals surface area (Å²) in [7, 11) is 1.84. The fraction of sp³-hybridized carbons (Fsp3) is 0.333. The van der Waals surface area contributed by atoms with Crippen molar-refractivity contribution in [3.63, 3.8) is 0 Å². The number of hydrogen-bond donors (Lipinski definition) is 1. The third kappa shape index (κ3) is 2.41. The predicted octanol–water partition coefficient (Wildman–Crippen LogP) is 4.23. The molecule has 3 rings (SSSR count). The fourth-order valence-corrected chi connectivity index (χ4v) is 3.52. The Hall–Kier alpha value is -1.81. The molecule has 0 radical (unpaired) electrons. The summed E-state index contributed by atoms with van der Waals surface area (Å²) in [6.45, 7) is 0.709. The molecule has 1 aliphatic rings. The van der Waals surface area contributed by atoms with Crippen molar-refractivity contribution in [2.45, 2.75) is 18.0 Å². The van der Waals surface area contributed by atoms with Crippen molar-refractivity contribution < 1.29 is 13.2 Å². The number of hydrogen-bond acceptors (Lipinski definition) is 1. The molecule has 0 amide bonds. The molecule has 0 heterocycles. The summed E-state index contributed by atoms with van der Waals surface area (Å²) in [6.07, 6.45) is -3.59. The summed E-state index contributed by atoms with van der Waals surface area (Å²) >= 11 is 0. The number of rotatable bonds is 4. The minimum absolute atomic E-state index is 0.184. The molecule has 1 aliphatic carbocycles. The lowest BCUT2D eigenvalue weighted by Crippen LogP contribution is -2.23. The van der Waals surface area contributed by atoms with Gasteiger partial charge < -0.3 is 5.32 Å². The van der Waals surface area contributed by atoms with Crippen molar-refractivity contribution in [3.05, 3.63) is 71.3 Å². The van der Waals surface area contributed by atoms with Crippen LogP contribution in [0.25, 0.3) is 0 Å². The first-order valence-electron chi connectivity index (χ1n) is 7.37. The smallest absolute Gasteiger partial charge is 0.319 e. The monoisotopic (exact) mass is 305 g/mol. The van der Waals surface area contributed by atoms with Gasteiger partial charge >= 0.3 is 6.18 Å². The third-order valence-corrected chi connectivity index (χ3v) is 4.56. The van der Waals surface area contributed by atoms with Gasteiger partial charge in [-0.1, -0.05) is 48.5 Å². The van der Waals surface area contributed by atoms with E-state index in [0.29, 0.717) is 12.1 Å². The summed E-state index contributed by atoms with van der Waals surface area (Å²) in [6, 6.07) is 15.5. The van der Waals surface area contributed by atoms with Gasteiger partial charge in [-0.15, -0.1) is 0 Å². The Morgan fingerprint density at radius 1 is 1.05 bits per heavy atom. The van der Waals surface area contributed by atoms with E-state index in [1.54, 1.807) is 12.1 Å². The summed E-state index contributed by atoms with van der Waals surface area (Å²) in [5, 5.41) is 3.10. The van der Waals surface area contributed by atoms with Gasteiger partial charge in [-0.25, -0.2) is 0 Å². The summed E-state index contributed by atoms with van der Waals surface area (Å²) in [5.41, 5.74) is 0.314. The molecule has 1 N–H and O–H groups in total. The van der Waals surface area contributed by atoms with Crippen LogP contribution in [0.3, 0.4) is 0 Å². The molecule has 116 valence electrons. The molecule has 0 aromatic heterocycles. The van der Waals surface area contributed by atoms with E-state index in [2.05, 4.69) is 5.32 Å². The second kappa shape index (κ2) is 5.43. The van der Waals surface area contributed by atoms with E-state index in [1.807, 2.05) is 37.4 Å². The van der Waals surface area contributed by atoms with Crippen molar-refractivity contribution >= 4 is 0 Å². The predicted molar refractivity (Wildman–Crippen MR) is 80.7 cm³/mol. The van der Waals surface area contributed by atoms with Gasteiger partial charge in [0.1, 0.15) is 0 Å². The van der Waals surface area contributed by atoms with Crippen LogP contribution < -0.4 is 5.32 Å². The molecule has 1 fully saturated rings. The van der Waals surface area contributed by atoms with E-state index in [1.165, 1.54) is 12.1 Å². The number of benzene rings is 2. The third-order valence-electron chi connectivity index (χ3n) is 4.56. The Morgan fingerprint density at radius 3 is 2.32 bits per heavy atom. The fourth-order valence-electron chi connectivity index (χ4n) is 3.52. The van der Waals surface area contributed by atoms with Crippen LogP contribution in [-0.2, 0) is 11.6 Å².